The van der Waals surface area contributed by atoms with E-state index in [0.717, 1.165) is 24.1 Å². The van der Waals surface area contributed by atoms with Crippen LogP contribution in [0.3, 0.4) is 0 Å². The van der Waals surface area contributed by atoms with E-state index >= 15 is 0 Å². The smallest absolute Gasteiger partial charge is 0.175 e. The molecule has 156 valence electrons. The topological polar surface area (TPSA) is 20.6 Å². The lowest BCUT2D eigenvalue weighted by Gasteiger charge is -2.09. The van der Waals surface area contributed by atoms with Gasteiger partial charge in [0.1, 0.15) is 6.54 Å². The molecule has 5 aromatic rings. The summed E-state index contributed by atoms with van der Waals surface area (Å²) in [5.74, 6) is 0. The summed E-state index contributed by atoms with van der Waals surface area (Å²) >= 11 is 0. The van der Waals surface area contributed by atoms with Crippen molar-refractivity contribution in [2.75, 3.05) is 0 Å². The zero-order chi connectivity index (χ0) is 19.6. The fourth-order valence-corrected chi connectivity index (χ4v) is 3.90. The summed E-state index contributed by atoms with van der Waals surface area (Å²) in [6, 6.07) is 25.6. The number of para-hydroxylation sites is 2. The van der Waals surface area contributed by atoms with Crippen LogP contribution in [-0.2, 0) is 13.1 Å². The van der Waals surface area contributed by atoms with E-state index in [1.165, 1.54) is 27.5 Å². The van der Waals surface area contributed by atoms with Gasteiger partial charge in [0.25, 0.3) is 0 Å². The maximum absolute atomic E-state index is 4.84. The fraction of sp³-hybridized carbons (Fsp3) is 0.115. The van der Waals surface area contributed by atoms with Crippen molar-refractivity contribution in [2.45, 2.75) is 20.0 Å². The second-order valence-corrected chi connectivity index (χ2v) is 7.30. The Morgan fingerprint density at radius 3 is 1.55 bits per heavy atom. The van der Waals surface area contributed by atoms with Gasteiger partial charge in [-0.3, -0.25) is 0 Å². The lowest BCUT2D eigenvalue weighted by Crippen LogP contribution is -3.00. The van der Waals surface area contributed by atoms with Gasteiger partial charge in [-0.15, -0.1) is 0 Å². The molecular weight excluding hydrogens is 514 g/mol. The van der Waals surface area contributed by atoms with Gasteiger partial charge in [0.15, 0.2) is 31.3 Å². The van der Waals surface area contributed by atoms with Crippen molar-refractivity contribution in [1.82, 2.24) is 4.98 Å². The maximum Gasteiger partial charge on any atom is 0.175 e. The predicted molar refractivity (Wildman–Crippen MR) is 116 cm³/mol. The second kappa shape index (κ2) is 10.1. The molecule has 0 aliphatic heterocycles. The first-order chi connectivity index (χ1) is 14.3. The summed E-state index contributed by atoms with van der Waals surface area (Å²) in [6.45, 7) is 3.95. The van der Waals surface area contributed by atoms with Crippen molar-refractivity contribution in [3.8, 4) is 11.1 Å². The number of hydrogen-bond donors (Lipinski definition) is 0. The first kappa shape index (κ1) is 23.0. The highest BCUT2D eigenvalue weighted by Crippen LogP contribution is 2.25. The van der Waals surface area contributed by atoms with Crippen LogP contribution in [0.2, 0.25) is 0 Å². The fourth-order valence-electron chi connectivity index (χ4n) is 3.90. The number of hydrogen-bond acceptors (Lipinski definition) is 1. The predicted octanol–water partition coefficient (Wildman–Crippen LogP) is -1.29. The van der Waals surface area contributed by atoms with Crippen molar-refractivity contribution in [2.24, 2.45) is 0 Å². The van der Waals surface area contributed by atoms with Crippen LogP contribution in [0.5, 0.6) is 0 Å². The molecular formula is C26H23Br2N3. The summed E-state index contributed by atoms with van der Waals surface area (Å²) in [4.78, 5) is 4.84. The number of rotatable bonds is 4. The molecule has 5 rings (SSSR count). The van der Waals surface area contributed by atoms with E-state index in [9.17, 15) is 0 Å². The molecule has 0 atom stereocenters. The van der Waals surface area contributed by atoms with Gasteiger partial charge in [0, 0.05) is 40.6 Å². The molecule has 5 heteroatoms. The van der Waals surface area contributed by atoms with Crippen LogP contribution in [-0.4, -0.2) is 4.98 Å². The number of benzene rings is 2. The number of aromatic nitrogens is 3. The zero-order valence-electron chi connectivity index (χ0n) is 17.2. The SMILES string of the molecule is CC[n+]1ccc(-c2cc[n+](Cc3c4ccccc4nc4ccccc34)cc2)cc1.[Br-].[Br-]. The molecule has 31 heavy (non-hydrogen) atoms. The van der Waals surface area contributed by atoms with Crippen molar-refractivity contribution in [3.05, 3.63) is 103 Å². The summed E-state index contributed by atoms with van der Waals surface area (Å²) in [5, 5.41) is 2.44. The van der Waals surface area contributed by atoms with Gasteiger partial charge in [-0.25, -0.2) is 14.1 Å². The van der Waals surface area contributed by atoms with Gasteiger partial charge in [-0.1, -0.05) is 36.4 Å². The number of pyridine rings is 3. The summed E-state index contributed by atoms with van der Waals surface area (Å²) in [5.41, 5.74) is 5.88. The van der Waals surface area contributed by atoms with E-state index in [0.29, 0.717) is 0 Å². The highest BCUT2D eigenvalue weighted by Gasteiger charge is 2.13. The molecule has 3 aromatic heterocycles. The monoisotopic (exact) mass is 535 g/mol. The van der Waals surface area contributed by atoms with Crippen molar-refractivity contribution in [3.63, 3.8) is 0 Å². The number of fused-ring (bicyclic) bond motifs is 2. The van der Waals surface area contributed by atoms with Gasteiger partial charge in [-0.2, -0.15) is 0 Å². The molecule has 2 aromatic carbocycles. The van der Waals surface area contributed by atoms with Crippen LogP contribution < -0.4 is 43.1 Å². The van der Waals surface area contributed by atoms with E-state index in [1.807, 2.05) is 0 Å². The van der Waals surface area contributed by atoms with Crippen LogP contribution in [0, 0.1) is 0 Å². The normalized spacial score (nSPS) is 10.5. The lowest BCUT2D eigenvalue weighted by molar-refractivity contribution is -0.693. The number of aryl methyl sites for hydroxylation is 1. The van der Waals surface area contributed by atoms with E-state index < -0.39 is 0 Å². The third-order valence-electron chi connectivity index (χ3n) is 5.52. The van der Waals surface area contributed by atoms with Crippen LogP contribution in [0.25, 0.3) is 32.9 Å². The molecule has 3 nitrogen and oxygen atoms in total. The Balaban J connectivity index is 0.00000136. The Hall–Kier alpha value is -2.63. The Morgan fingerprint density at radius 1 is 0.613 bits per heavy atom. The van der Waals surface area contributed by atoms with E-state index in [4.69, 9.17) is 4.98 Å². The Morgan fingerprint density at radius 2 is 1.06 bits per heavy atom. The molecule has 0 fully saturated rings. The molecule has 3 heterocycles. The summed E-state index contributed by atoms with van der Waals surface area (Å²) in [7, 11) is 0. The van der Waals surface area contributed by atoms with E-state index in [1.54, 1.807) is 0 Å². The molecule has 0 aliphatic rings. The summed E-state index contributed by atoms with van der Waals surface area (Å²) < 4.78 is 4.42. The van der Waals surface area contributed by atoms with Crippen molar-refractivity contribution in [1.29, 1.82) is 0 Å². The van der Waals surface area contributed by atoms with Gasteiger partial charge in [0.05, 0.1) is 11.0 Å². The van der Waals surface area contributed by atoms with Crippen LogP contribution in [0.1, 0.15) is 12.5 Å². The third-order valence-corrected chi connectivity index (χ3v) is 5.52. The lowest BCUT2D eigenvalue weighted by atomic mass is 10.0. The highest BCUT2D eigenvalue weighted by molar-refractivity contribution is 5.97. The molecule has 0 spiro atoms. The molecule has 0 bridgehead atoms. The number of nitrogens with zero attached hydrogens (tertiary/aromatic N) is 3. The van der Waals surface area contributed by atoms with Crippen LogP contribution in [0.4, 0.5) is 0 Å². The largest absolute Gasteiger partial charge is 1.00 e. The molecule has 0 aliphatic carbocycles. The Kier molecular flexibility index (Phi) is 7.52. The van der Waals surface area contributed by atoms with Gasteiger partial charge in [0.2, 0.25) is 0 Å². The standard InChI is InChI=1S/C26H23N3.2BrH/c1-2-28-15-11-20(12-16-28)21-13-17-29(18-14-21)19-24-22-7-3-5-9-25(22)27-26-10-6-4-8-23(24)26;;/h3-18H,2,19H2,1H3;2*1H/q+2;;/p-2. The molecule has 0 saturated carbocycles. The first-order valence-electron chi connectivity index (χ1n) is 10.1. The highest BCUT2D eigenvalue weighted by atomic mass is 79.9. The zero-order valence-corrected chi connectivity index (χ0v) is 20.4. The van der Waals surface area contributed by atoms with Crippen LogP contribution >= 0.6 is 0 Å². The average Bonchev–Trinajstić information content (AvgIpc) is 2.79. The second-order valence-electron chi connectivity index (χ2n) is 7.30. The molecule has 0 N–H and O–H groups in total. The minimum Gasteiger partial charge on any atom is -1.00 e. The van der Waals surface area contributed by atoms with Crippen molar-refractivity contribution < 1.29 is 43.1 Å². The Bertz CT molecular complexity index is 1250. The summed E-state index contributed by atoms with van der Waals surface area (Å²) in [6.07, 6.45) is 8.59. The van der Waals surface area contributed by atoms with Crippen LogP contribution in [0.15, 0.2) is 97.6 Å². The molecule has 0 unspecified atom stereocenters. The average molecular weight is 537 g/mol. The molecule has 0 saturated heterocycles. The molecule has 0 radical (unpaired) electrons. The van der Waals surface area contributed by atoms with Gasteiger partial charge >= 0.3 is 0 Å². The van der Waals surface area contributed by atoms with E-state index in [2.05, 4.69) is 114 Å². The van der Waals surface area contributed by atoms with Gasteiger partial charge < -0.3 is 34.0 Å². The minimum atomic E-state index is 0. The van der Waals surface area contributed by atoms with Crippen molar-refractivity contribution >= 4 is 21.8 Å². The first-order valence-corrected chi connectivity index (χ1v) is 10.1. The maximum atomic E-state index is 4.84. The Labute approximate surface area is 203 Å². The number of halogens is 2. The molecule has 0 amide bonds. The van der Waals surface area contributed by atoms with E-state index in [-0.39, 0.29) is 34.0 Å². The minimum absolute atomic E-state index is 0. The quantitative estimate of drug-likeness (QED) is 0.207. The van der Waals surface area contributed by atoms with Gasteiger partial charge in [-0.05, 0) is 30.2 Å². The third kappa shape index (κ3) is 4.68.